The fourth-order valence-electron chi connectivity index (χ4n) is 9.18. The first-order chi connectivity index (χ1) is 27.3. The Morgan fingerprint density at radius 2 is 1.77 bits per heavy atom. The van der Waals surface area contributed by atoms with Gasteiger partial charge < -0.3 is 19.3 Å². The van der Waals surface area contributed by atoms with Crippen molar-refractivity contribution in [3.05, 3.63) is 60.3 Å². The Bertz CT molecular complexity index is 2130. The maximum Gasteiger partial charge on any atom is 0.259 e. The number of nitrogens with zero attached hydrogens (tertiary/aromatic N) is 5. The average Bonchev–Trinajstić information content (AvgIpc) is 4.12. The van der Waals surface area contributed by atoms with Gasteiger partial charge >= 0.3 is 0 Å². The van der Waals surface area contributed by atoms with E-state index < -0.39 is 45.3 Å². The van der Waals surface area contributed by atoms with Gasteiger partial charge in [-0.25, -0.2) is 17.7 Å². The molecule has 5 unspecified atom stereocenters. The third-order valence-corrected chi connectivity index (χ3v) is 14.8. The molecule has 0 radical (unpaired) electrons. The third kappa shape index (κ3) is 7.39. The first-order valence-electron chi connectivity index (χ1n) is 20.8. The van der Waals surface area contributed by atoms with Crippen molar-refractivity contribution < 1.29 is 32.3 Å². The van der Waals surface area contributed by atoms with Crippen LogP contribution in [0.3, 0.4) is 0 Å². The predicted octanol–water partition coefficient (Wildman–Crippen LogP) is 5.83. The fourth-order valence-corrected chi connectivity index (χ4v) is 11.2. The lowest BCUT2D eigenvalue weighted by molar-refractivity contribution is -0.146. The number of rotatable bonds is 7. The summed E-state index contributed by atoms with van der Waals surface area (Å²) in [6.45, 7) is 2.03. The van der Waals surface area contributed by atoms with Crippen molar-refractivity contribution in [2.24, 2.45) is 11.8 Å². The van der Waals surface area contributed by atoms with Crippen LogP contribution < -0.4 is 9.47 Å². The first-order valence-corrected chi connectivity index (χ1v) is 22.3. The molecule has 13 heteroatoms. The first kappa shape index (κ1) is 37.1. The van der Waals surface area contributed by atoms with Crippen LogP contribution in [0.1, 0.15) is 89.0 Å². The van der Waals surface area contributed by atoms with Gasteiger partial charge in [0.25, 0.3) is 5.91 Å². The van der Waals surface area contributed by atoms with Crippen LogP contribution in [0.5, 0.6) is 11.5 Å². The molecule has 6 aliphatic rings. The molecule has 1 aromatic carbocycles. The molecule has 2 saturated carbocycles. The zero-order valence-corrected chi connectivity index (χ0v) is 32.7. The molecule has 12 nitrogen and oxygen atoms in total. The van der Waals surface area contributed by atoms with Gasteiger partial charge in [0.2, 0.25) is 21.8 Å². The number of hydrogen-bond donors (Lipinski definition) is 0. The van der Waals surface area contributed by atoms with Crippen LogP contribution >= 0.6 is 0 Å². The van der Waals surface area contributed by atoms with Gasteiger partial charge in [-0.15, -0.1) is 0 Å². The van der Waals surface area contributed by atoms with E-state index in [4.69, 9.17) is 14.5 Å². The molecule has 3 amide bonds. The topological polar surface area (TPSA) is 139 Å². The van der Waals surface area contributed by atoms with Gasteiger partial charge in [0, 0.05) is 67.4 Å². The molecule has 0 N–H and O–H groups in total. The molecule has 2 saturated heterocycles. The van der Waals surface area contributed by atoms with Gasteiger partial charge in [0.1, 0.15) is 23.6 Å². The SMILES string of the molecule is O=C(CC1CCCCCC=CC2CC2N(S(=O)(=O)C2CC2)C(=O)C2CC(Oc3cc(-c4ccccn4)nc4c5c(ccc34)OCC5)CN2C1=O)N1CCCCC1. The Balaban J connectivity index is 1.08. The molecule has 2 aromatic heterocycles. The molecule has 4 aliphatic heterocycles. The van der Waals surface area contributed by atoms with Gasteiger partial charge in [0.05, 0.1) is 41.3 Å². The van der Waals surface area contributed by atoms with Crippen LogP contribution in [-0.2, 0) is 30.8 Å². The van der Waals surface area contributed by atoms with E-state index >= 15 is 0 Å². The Kier molecular flexibility index (Phi) is 10.2. The van der Waals surface area contributed by atoms with Crippen LogP contribution in [0.2, 0.25) is 0 Å². The van der Waals surface area contributed by atoms with Crippen LogP contribution in [0.15, 0.2) is 54.7 Å². The highest BCUT2D eigenvalue weighted by Crippen LogP contribution is 2.45. The number of sulfonamides is 1. The molecule has 6 heterocycles. The highest BCUT2D eigenvalue weighted by molar-refractivity contribution is 7.90. The molecule has 296 valence electrons. The number of allylic oxidation sites excluding steroid dienone is 1. The van der Waals surface area contributed by atoms with E-state index in [1.54, 1.807) is 11.1 Å². The number of carbonyl (C=O) groups is 3. The van der Waals surface area contributed by atoms with E-state index in [0.717, 1.165) is 71.5 Å². The summed E-state index contributed by atoms with van der Waals surface area (Å²) in [5, 5.41) is 0.205. The number of benzene rings is 1. The van der Waals surface area contributed by atoms with Gasteiger partial charge in [-0.3, -0.25) is 19.4 Å². The summed E-state index contributed by atoms with van der Waals surface area (Å²) in [7, 11) is -3.92. The minimum Gasteiger partial charge on any atom is -0.493 e. The Morgan fingerprint density at radius 3 is 2.57 bits per heavy atom. The molecule has 56 heavy (non-hydrogen) atoms. The number of piperidine rings is 1. The maximum absolute atomic E-state index is 14.9. The molecule has 3 aromatic rings. The second-order valence-corrected chi connectivity index (χ2v) is 18.6. The summed E-state index contributed by atoms with van der Waals surface area (Å²) < 4.78 is 42.1. The molecule has 0 bridgehead atoms. The molecule has 9 rings (SSSR count). The Hall–Kier alpha value is -4.52. The summed E-state index contributed by atoms with van der Waals surface area (Å²) in [6.07, 6.45) is 14.8. The molecular weight excluding hydrogens is 731 g/mol. The van der Waals surface area contributed by atoms with E-state index in [0.29, 0.717) is 68.9 Å². The van der Waals surface area contributed by atoms with E-state index in [9.17, 15) is 22.8 Å². The smallest absolute Gasteiger partial charge is 0.259 e. The second-order valence-electron chi connectivity index (χ2n) is 16.5. The standard InChI is InChI=1S/C43H51N5O7S/c49-40(46-20-9-4-10-21-46)24-29-12-6-3-1-2-5-11-28-23-36(28)48(56(52,53)31-14-15-31)43(51)37-25-30(27-47(37)42(29)50)55-39-26-35(34-13-7-8-19-44-34)45-41-32(39)16-17-38-33(41)18-22-54-38/h5,7-8,11,13,16-17,19,26,28-31,36-37H,1-4,6,9-10,12,14-15,18,20-25,27H2. The van der Waals surface area contributed by atoms with Crippen molar-refractivity contribution in [2.75, 3.05) is 26.2 Å². The second kappa shape index (κ2) is 15.4. The number of likely N-dealkylation sites (tertiary alicyclic amines) is 1. The molecule has 0 spiro atoms. The van der Waals surface area contributed by atoms with Crippen LogP contribution in [0.4, 0.5) is 0 Å². The van der Waals surface area contributed by atoms with Gasteiger partial charge in [0.15, 0.2) is 0 Å². The number of carbonyl (C=O) groups excluding carboxylic acids is 3. The van der Waals surface area contributed by atoms with Gasteiger partial charge in [-0.1, -0.05) is 31.1 Å². The van der Waals surface area contributed by atoms with E-state index in [-0.39, 0.29) is 37.1 Å². The zero-order chi connectivity index (χ0) is 38.4. The van der Waals surface area contributed by atoms with Crippen molar-refractivity contribution in [1.29, 1.82) is 0 Å². The number of fused-ring (bicyclic) bond motifs is 5. The number of pyridine rings is 2. The van der Waals surface area contributed by atoms with Gasteiger partial charge in [-0.05, 0) is 82.1 Å². The van der Waals surface area contributed by atoms with E-state index in [2.05, 4.69) is 17.1 Å². The van der Waals surface area contributed by atoms with Crippen molar-refractivity contribution in [2.45, 2.75) is 113 Å². The van der Waals surface area contributed by atoms with Crippen molar-refractivity contribution in [3.8, 4) is 22.9 Å². The van der Waals surface area contributed by atoms with Crippen LogP contribution in [0, 0.1) is 11.8 Å². The normalized spacial score (nSPS) is 27.2. The van der Waals surface area contributed by atoms with E-state index in [1.807, 2.05) is 41.3 Å². The lowest BCUT2D eigenvalue weighted by atomic mass is 9.94. The summed E-state index contributed by atoms with van der Waals surface area (Å²) in [5.41, 5.74) is 3.04. The number of amides is 3. The third-order valence-electron chi connectivity index (χ3n) is 12.5. The summed E-state index contributed by atoms with van der Waals surface area (Å²) in [4.78, 5) is 56.6. The van der Waals surface area contributed by atoms with Gasteiger partial charge in [-0.2, -0.15) is 0 Å². The molecular formula is C43H51N5O7S. The number of hydrogen-bond acceptors (Lipinski definition) is 9. The number of ether oxygens (including phenoxy) is 2. The predicted molar refractivity (Wildman–Crippen MR) is 210 cm³/mol. The zero-order valence-electron chi connectivity index (χ0n) is 31.9. The van der Waals surface area contributed by atoms with Crippen molar-refractivity contribution in [3.63, 3.8) is 0 Å². The highest BCUT2D eigenvalue weighted by atomic mass is 32.2. The van der Waals surface area contributed by atoms with Crippen LogP contribution in [-0.4, -0.2) is 99.9 Å². The molecule has 4 fully saturated rings. The Labute approximate surface area is 328 Å². The largest absolute Gasteiger partial charge is 0.493 e. The molecule has 2 aliphatic carbocycles. The van der Waals surface area contributed by atoms with Crippen molar-refractivity contribution in [1.82, 2.24) is 24.1 Å². The van der Waals surface area contributed by atoms with E-state index in [1.165, 1.54) is 0 Å². The number of aromatic nitrogens is 2. The summed E-state index contributed by atoms with van der Waals surface area (Å²) in [5.74, 6) is -0.188. The maximum atomic E-state index is 14.9. The molecule has 5 atom stereocenters. The highest BCUT2D eigenvalue weighted by Gasteiger charge is 2.56. The minimum atomic E-state index is -3.92. The minimum absolute atomic E-state index is 0.0284. The Morgan fingerprint density at radius 1 is 0.929 bits per heavy atom. The lowest BCUT2D eigenvalue weighted by Gasteiger charge is -2.33. The summed E-state index contributed by atoms with van der Waals surface area (Å²) >= 11 is 0. The average molecular weight is 782 g/mol. The summed E-state index contributed by atoms with van der Waals surface area (Å²) in [6, 6.07) is 9.85. The quantitative estimate of drug-likeness (QED) is 0.271. The monoisotopic (exact) mass is 781 g/mol. The van der Waals surface area contributed by atoms with Crippen molar-refractivity contribution >= 4 is 38.6 Å². The fraction of sp³-hybridized carbons (Fsp3) is 0.558. The van der Waals surface area contributed by atoms with Crippen LogP contribution in [0.25, 0.3) is 22.3 Å². The lowest BCUT2D eigenvalue weighted by Crippen LogP contribution is -2.53.